The van der Waals surface area contributed by atoms with Crippen LogP contribution in [0.2, 0.25) is 0 Å². The van der Waals surface area contributed by atoms with Crippen LogP contribution in [0.4, 0.5) is 0 Å². The molecular weight excluding hydrogens is 156 g/mol. The average molecular weight is 182 g/mol. The van der Waals surface area contributed by atoms with Gasteiger partial charge in [0.05, 0.1) is 0 Å². The van der Waals surface area contributed by atoms with Crippen molar-refractivity contribution in [1.82, 2.24) is 0 Å². The first-order valence-corrected chi connectivity index (χ1v) is 6.27. The summed E-state index contributed by atoms with van der Waals surface area (Å²) in [6, 6.07) is 0. The van der Waals surface area contributed by atoms with E-state index in [0.29, 0.717) is 0 Å². The van der Waals surface area contributed by atoms with Gasteiger partial charge >= 0.3 is 0 Å². The second-order valence-electron chi connectivity index (χ2n) is 4.99. The third-order valence-corrected chi connectivity index (χ3v) is 3.91. The van der Waals surface area contributed by atoms with Gasteiger partial charge in [0.1, 0.15) is 0 Å². The maximum Gasteiger partial charge on any atom is -0.0383 e. The van der Waals surface area contributed by atoms with Crippen LogP contribution in [0.3, 0.4) is 0 Å². The zero-order chi connectivity index (χ0) is 9.68. The molecule has 0 radical (unpaired) electrons. The molecule has 78 valence electrons. The van der Waals surface area contributed by atoms with Crippen molar-refractivity contribution in [2.45, 2.75) is 65.7 Å². The van der Waals surface area contributed by atoms with E-state index < -0.39 is 0 Å². The van der Waals surface area contributed by atoms with Crippen LogP contribution in [-0.2, 0) is 0 Å². The first kappa shape index (κ1) is 11.1. The van der Waals surface area contributed by atoms with E-state index in [1.807, 2.05) is 0 Å². The average Bonchev–Trinajstić information content (AvgIpc) is 2.12. The Kier molecular flexibility index (Phi) is 4.83. The van der Waals surface area contributed by atoms with Crippen LogP contribution in [0.25, 0.3) is 0 Å². The standard InChI is InChI=1S/C13H26/c1-4-6-7-12-8-9-13(12)10-11(3)5-2/h11-13H,4-10H2,1-3H3. The third-order valence-electron chi connectivity index (χ3n) is 3.91. The van der Waals surface area contributed by atoms with Crippen molar-refractivity contribution < 1.29 is 0 Å². The summed E-state index contributed by atoms with van der Waals surface area (Å²) in [4.78, 5) is 0. The molecule has 3 atom stereocenters. The summed E-state index contributed by atoms with van der Waals surface area (Å²) in [5, 5.41) is 0. The lowest BCUT2D eigenvalue weighted by atomic mass is 9.67. The van der Waals surface area contributed by atoms with Gasteiger partial charge in [-0.2, -0.15) is 0 Å². The molecule has 0 amide bonds. The molecule has 13 heavy (non-hydrogen) atoms. The lowest BCUT2D eigenvalue weighted by Gasteiger charge is -2.38. The minimum Gasteiger partial charge on any atom is -0.0654 e. The van der Waals surface area contributed by atoms with Gasteiger partial charge in [0.2, 0.25) is 0 Å². The number of hydrogen-bond donors (Lipinski definition) is 0. The van der Waals surface area contributed by atoms with E-state index >= 15 is 0 Å². The summed E-state index contributed by atoms with van der Waals surface area (Å²) in [6.07, 6.45) is 10.3. The van der Waals surface area contributed by atoms with Gasteiger partial charge < -0.3 is 0 Å². The molecular formula is C13H26. The van der Waals surface area contributed by atoms with Crippen LogP contribution in [0.5, 0.6) is 0 Å². The minimum absolute atomic E-state index is 0.967. The molecule has 0 aromatic rings. The lowest BCUT2D eigenvalue weighted by molar-refractivity contribution is 0.130. The monoisotopic (exact) mass is 182 g/mol. The SMILES string of the molecule is CCCCC1CCC1CC(C)CC. The molecule has 1 saturated carbocycles. The molecule has 1 fully saturated rings. The summed E-state index contributed by atoms with van der Waals surface area (Å²) >= 11 is 0. The van der Waals surface area contributed by atoms with E-state index in [9.17, 15) is 0 Å². The molecule has 0 bridgehead atoms. The second kappa shape index (κ2) is 5.67. The van der Waals surface area contributed by atoms with Crippen LogP contribution < -0.4 is 0 Å². The highest BCUT2D eigenvalue weighted by molar-refractivity contribution is 4.81. The molecule has 1 aliphatic rings. The van der Waals surface area contributed by atoms with E-state index in [1.165, 1.54) is 44.9 Å². The predicted octanol–water partition coefficient (Wildman–Crippen LogP) is 4.64. The maximum absolute atomic E-state index is 2.41. The summed E-state index contributed by atoms with van der Waals surface area (Å²) < 4.78 is 0. The summed E-state index contributed by atoms with van der Waals surface area (Å²) in [7, 11) is 0. The first-order chi connectivity index (χ1) is 6.27. The molecule has 0 aliphatic heterocycles. The van der Waals surface area contributed by atoms with E-state index in [1.54, 1.807) is 0 Å². The van der Waals surface area contributed by atoms with Crippen LogP contribution in [-0.4, -0.2) is 0 Å². The molecule has 1 rings (SSSR count). The van der Waals surface area contributed by atoms with E-state index in [-0.39, 0.29) is 0 Å². The fourth-order valence-corrected chi connectivity index (χ4v) is 2.48. The first-order valence-electron chi connectivity index (χ1n) is 6.27. The maximum atomic E-state index is 2.41. The van der Waals surface area contributed by atoms with E-state index in [2.05, 4.69) is 20.8 Å². The van der Waals surface area contributed by atoms with Crippen molar-refractivity contribution in [1.29, 1.82) is 0 Å². The normalized spacial score (nSPS) is 29.8. The van der Waals surface area contributed by atoms with Gasteiger partial charge in [-0.25, -0.2) is 0 Å². The molecule has 0 nitrogen and oxygen atoms in total. The third kappa shape index (κ3) is 3.32. The number of rotatable bonds is 6. The molecule has 0 spiro atoms. The molecule has 0 saturated heterocycles. The smallest absolute Gasteiger partial charge is 0.0383 e. The van der Waals surface area contributed by atoms with Crippen LogP contribution in [0, 0.1) is 17.8 Å². The summed E-state index contributed by atoms with van der Waals surface area (Å²) in [5.74, 6) is 3.17. The van der Waals surface area contributed by atoms with Gasteiger partial charge in [-0.05, 0) is 37.0 Å². The predicted molar refractivity (Wildman–Crippen MR) is 59.8 cm³/mol. The van der Waals surface area contributed by atoms with Crippen molar-refractivity contribution in [3.63, 3.8) is 0 Å². The van der Waals surface area contributed by atoms with Crippen molar-refractivity contribution in [2.75, 3.05) is 0 Å². The van der Waals surface area contributed by atoms with Gasteiger partial charge in [0.25, 0.3) is 0 Å². The van der Waals surface area contributed by atoms with Crippen LogP contribution >= 0.6 is 0 Å². The quantitative estimate of drug-likeness (QED) is 0.561. The molecule has 0 aromatic carbocycles. The molecule has 0 heterocycles. The lowest BCUT2D eigenvalue weighted by Crippen LogP contribution is -2.27. The van der Waals surface area contributed by atoms with Crippen molar-refractivity contribution in [3.05, 3.63) is 0 Å². The largest absolute Gasteiger partial charge is 0.0654 e. The number of unbranched alkanes of at least 4 members (excludes halogenated alkanes) is 1. The minimum atomic E-state index is 0.967. The fraction of sp³-hybridized carbons (Fsp3) is 1.00. The zero-order valence-electron chi connectivity index (χ0n) is 9.68. The number of hydrogen-bond acceptors (Lipinski definition) is 0. The summed E-state index contributed by atoms with van der Waals surface area (Å²) in [5.41, 5.74) is 0. The topological polar surface area (TPSA) is 0 Å². The highest BCUT2D eigenvalue weighted by Crippen LogP contribution is 2.41. The van der Waals surface area contributed by atoms with Crippen LogP contribution in [0.15, 0.2) is 0 Å². The Bertz CT molecular complexity index is 128. The van der Waals surface area contributed by atoms with Gasteiger partial charge in [0, 0.05) is 0 Å². The fourth-order valence-electron chi connectivity index (χ4n) is 2.48. The van der Waals surface area contributed by atoms with Gasteiger partial charge in [-0.1, -0.05) is 46.5 Å². The molecule has 3 unspecified atom stereocenters. The van der Waals surface area contributed by atoms with Gasteiger partial charge in [-0.15, -0.1) is 0 Å². The highest BCUT2D eigenvalue weighted by atomic mass is 14.4. The molecule has 1 aliphatic carbocycles. The highest BCUT2D eigenvalue weighted by Gasteiger charge is 2.30. The Morgan fingerprint density at radius 3 is 2.31 bits per heavy atom. The Morgan fingerprint density at radius 1 is 1.15 bits per heavy atom. The summed E-state index contributed by atoms with van der Waals surface area (Å²) in [6.45, 7) is 7.04. The van der Waals surface area contributed by atoms with Gasteiger partial charge in [0.15, 0.2) is 0 Å². The molecule has 0 N–H and O–H groups in total. The van der Waals surface area contributed by atoms with Gasteiger partial charge in [-0.3, -0.25) is 0 Å². The Balaban J connectivity index is 2.13. The van der Waals surface area contributed by atoms with Crippen molar-refractivity contribution >= 4 is 0 Å². The van der Waals surface area contributed by atoms with E-state index in [0.717, 1.165) is 17.8 Å². The van der Waals surface area contributed by atoms with Crippen molar-refractivity contribution in [2.24, 2.45) is 17.8 Å². The Labute approximate surface area is 84.1 Å². The Morgan fingerprint density at radius 2 is 1.85 bits per heavy atom. The zero-order valence-corrected chi connectivity index (χ0v) is 9.68. The molecule has 0 heteroatoms. The second-order valence-corrected chi connectivity index (χ2v) is 4.99. The van der Waals surface area contributed by atoms with Crippen molar-refractivity contribution in [3.8, 4) is 0 Å². The van der Waals surface area contributed by atoms with Crippen LogP contribution in [0.1, 0.15) is 65.7 Å². The Hall–Kier alpha value is 0. The molecule has 0 aromatic heterocycles. The van der Waals surface area contributed by atoms with E-state index in [4.69, 9.17) is 0 Å².